The van der Waals surface area contributed by atoms with Crippen LogP contribution < -0.4 is 10.2 Å². The Kier molecular flexibility index (Phi) is 6.72. The smallest absolute Gasteiger partial charge is 0.338 e. The van der Waals surface area contributed by atoms with Crippen molar-refractivity contribution in [1.29, 1.82) is 0 Å². The molecule has 3 amide bonds. The number of benzene rings is 2. The Labute approximate surface area is 201 Å². The molecule has 1 aliphatic carbocycles. The van der Waals surface area contributed by atoms with Crippen molar-refractivity contribution in [3.63, 3.8) is 0 Å². The average Bonchev–Trinajstić information content (AvgIpc) is 3.04. The van der Waals surface area contributed by atoms with E-state index in [-0.39, 0.29) is 39.3 Å². The second-order valence-electron chi connectivity index (χ2n) is 8.42. The fourth-order valence-electron chi connectivity index (χ4n) is 4.42. The molecule has 172 valence electrons. The van der Waals surface area contributed by atoms with Gasteiger partial charge in [0.05, 0.1) is 38.8 Å². The lowest BCUT2D eigenvalue weighted by atomic mass is 9.76. The molecular weight excluding hydrogens is 467 g/mol. The Morgan fingerprint density at radius 1 is 1.06 bits per heavy atom. The van der Waals surface area contributed by atoms with E-state index in [1.54, 1.807) is 30.3 Å². The topological polar surface area (TPSA) is 92.8 Å². The van der Waals surface area contributed by atoms with E-state index in [2.05, 4.69) is 12.2 Å². The summed E-state index contributed by atoms with van der Waals surface area (Å²) < 4.78 is 5.10. The Morgan fingerprint density at radius 3 is 2.58 bits per heavy atom. The molecule has 1 aliphatic heterocycles. The Hall–Kier alpha value is -2.90. The quantitative estimate of drug-likeness (QED) is 0.485. The van der Waals surface area contributed by atoms with E-state index < -0.39 is 18.5 Å². The van der Waals surface area contributed by atoms with Gasteiger partial charge in [0.25, 0.3) is 5.91 Å². The van der Waals surface area contributed by atoms with Crippen molar-refractivity contribution < 1.29 is 23.9 Å². The minimum absolute atomic E-state index is 0.130. The van der Waals surface area contributed by atoms with Gasteiger partial charge in [-0.3, -0.25) is 19.3 Å². The summed E-state index contributed by atoms with van der Waals surface area (Å²) >= 11 is 12.0. The Balaban J connectivity index is 1.42. The number of rotatable bonds is 5. The maximum absolute atomic E-state index is 12.9. The molecule has 1 saturated carbocycles. The van der Waals surface area contributed by atoms with Gasteiger partial charge in [-0.15, -0.1) is 0 Å². The van der Waals surface area contributed by atoms with Gasteiger partial charge in [0.2, 0.25) is 11.8 Å². The predicted molar refractivity (Wildman–Crippen MR) is 124 cm³/mol. The van der Waals surface area contributed by atoms with Gasteiger partial charge in [-0.25, -0.2) is 4.79 Å². The van der Waals surface area contributed by atoms with Crippen molar-refractivity contribution >= 4 is 58.3 Å². The number of carbonyl (C=O) groups excluding carboxylic acids is 4. The molecule has 0 unspecified atom stereocenters. The van der Waals surface area contributed by atoms with E-state index in [0.717, 1.165) is 6.42 Å². The lowest BCUT2D eigenvalue weighted by molar-refractivity contribution is -0.122. The lowest BCUT2D eigenvalue weighted by Crippen LogP contribution is -2.31. The minimum atomic E-state index is -0.755. The summed E-state index contributed by atoms with van der Waals surface area (Å²) in [5.41, 5.74) is 0.760. The van der Waals surface area contributed by atoms with Gasteiger partial charge >= 0.3 is 5.97 Å². The number of ether oxygens (including phenoxy) is 1. The molecule has 0 radical (unpaired) electrons. The van der Waals surface area contributed by atoms with Gasteiger partial charge in [0.15, 0.2) is 6.61 Å². The van der Waals surface area contributed by atoms with Gasteiger partial charge in [-0.1, -0.05) is 42.3 Å². The number of halogens is 2. The summed E-state index contributed by atoms with van der Waals surface area (Å²) in [6.45, 7) is 1.54. The van der Waals surface area contributed by atoms with Gasteiger partial charge < -0.3 is 10.1 Å². The number of esters is 1. The molecule has 1 N–H and O–H groups in total. The highest BCUT2D eigenvalue weighted by Crippen LogP contribution is 2.42. The molecule has 1 saturated heterocycles. The molecule has 33 heavy (non-hydrogen) atoms. The van der Waals surface area contributed by atoms with Gasteiger partial charge in [-0.05, 0) is 55.5 Å². The van der Waals surface area contributed by atoms with Crippen LogP contribution in [0.15, 0.2) is 42.5 Å². The molecule has 2 aromatic rings. The zero-order valence-corrected chi connectivity index (χ0v) is 19.4. The van der Waals surface area contributed by atoms with Crippen LogP contribution in [0, 0.1) is 17.8 Å². The number of nitrogens with zero attached hydrogens (tertiary/aromatic N) is 1. The first-order chi connectivity index (χ1) is 15.8. The van der Waals surface area contributed by atoms with Gasteiger partial charge in [0.1, 0.15) is 0 Å². The Bertz CT molecular complexity index is 1140. The van der Waals surface area contributed by atoms with Crippen molar-refractivity contribution in [1.82, 2.24) is 0 Å². The van der Waals surface area contributed by atoms with E-state index in [1.807, 2.05) is 0 Å². The first kappa shape index (κ1) is 23.3. The molecule has 0 aromatic heterocycles. The number of fused-ring (bicyclic) bond motifs is 1. The molecule has 7 nitrogen and oxygen atoms in total. The molecule has 2 aromatic carbocycles. The molecule has 3 atom stereocenters. The van der Waals surface area contributed by atoms with E-state index in [9.17, 15) is 19.2 Å². The first-order valence-electron chi connectivity index (χ1n) is 10.6. The highest BCUT2D eigenvalue weighted by atomic mass is 35.5. The summed E-state index contributed by atoms with van der Waals surface area (Å²) in [6, 6.07) is 10.9. The van der Waals surface area contributed by atoms with Crippen LogP contribution in [0.4, 0.5) is 11.4 Å². The van der Waals surface area contributed by atoms with Gasteiger partial charge in [-0.2, -0.15) is 0 Å². The predicted octanol–water partition coefficient (Wildman–Crippen LogP) is 4.71. The molecule has 2 fully saturated rings. The minimum Gasteiger partial charge on any atom is -0.452 e. The summed E-state index contributed by atoms with van der Waals surface area (Å²) in [7, 11) is 0. The fraction of sp³-hybridized carbons (Fsp3) is 0.333. The SMILES string of the molecule is C[C@@H]1CC[C@H]2C(=O)N(c3cccc(C(=O)OCC(=O)Nc4cccc(Cl)c4Cl)c3)C(=O)[C@@H]2C1. The van der Waals surface area contributed by atoms with E-state index in [4.69, 9.17) is 27.9 Å². The van der Waals surface area contributed by atoms with Crippen LogP contribution in [0.5, 0.6) is 0 Å². The molecule has 0 spiro atoms. The van der Waals surface area contributed by atoms with E-state index in [1.165, 1.54) is 17.0 Å². The molecule has 2 aliphatic rings. The maximum atomic E-state index is 12.9. The van der Waals surface area contributed by atoms with Crippen LogP contribution in [0.2, 0.25) is 10.0 Å². The summed E-state index contributed by atoms with van der Waals surface area (Å²) in [5.74, 6) is -2.00. The molecular formula is C24H22Cl2N2O5. The van der Waals surface area contributed by atoms with Crippen LogP contribution in [0.3, 0.4) is 0 Å². The molecule has 4 rings (SSSR count). The van der Waals surface area contributed by atoms with Crippen molar-refractivity contribution in [2.45, 2.75) is 26.2 Å². The molecule has 1 heterocycles. The highest BCUT2D eigenvalue weighted by molar-refractivity contribution is 6.44. The third-order valence-corrected chi connectivity index (χ3v) is 6.91. The number of anilines is 2. The normalized spacial score (nSPS) is 22.2. The van der Waals surface area contributed by atoms with Crippen LogP contribution >= 0.6 is 23.2 Å². The number of hydrogen-bond donors (Lipinski definition) is 1. The molecule has 0 bridgehead atoms. The number of carbonyl (C=O) groups is 4. The third-order valence-electron chi connectivity index (χ3n) is 6.09. The van der Waals surface area contributed by atoms with Crippen LogP contribution in [0.1, 0.15) is 36.5 Å². The number of hydrogen-bond acceptors (Lipinski definition) is 5. The standard InChI is InChI=1S/C24H22Cl2N2O5/c1-13-8-9-16-17(10-13)23(31)28(22(16)30)15-5-2-4-14(11-15)24(32)33-12-20(29)27-19-7-3-6-18(25)21(19)26/h2-7,11,13,16-17H,8-10,12H2,1H3,(H,27,29)/t13-,16-,17-/m1/s1. The van der Waals surface area contributed by atoms with Crippen LogP contribution in [-0.4, -0.2) is 30.3 Å². The van der Waals surface area contributed by atoms with Crippen molar-refractivity contribution in [3.8, 4) is 0 Å². The van der Waals surface area contributed by atoms with Crippen molar-refractivity contribution in [2.24, 2.45) is 17.8 Å². The highest BCUT2D eigenvalue weighted by Gasteiger charge is 2.50. The number of nitrogens with one attached hydrogen (secondary N) is 1. The summed E-state index contributed by atoms with van der Waals surface area (Å²) in [5, 5.41) is 2.99. The second-order valence-corrected chi connectivity index (χ2v) is 9.20. The number of imide groups is 1. The van der Waals surface area contributed by atoms with Crippen LogP contribution in [-0.2, 0) is 19.1 Å². The number of amides is 3. The third kappa shape index (κ3) is 4.75. The second kappa shape index (κ2) is 9.53. The average molecular weight is 489 g/mol. The zero-order chi connectivity index (χ0) is 23.7. The Morgan fingerprint density at radius 2 is 1.79 bits per heavy atom. The largest absolute Gasteiger partial charge is 0.452 e. The maximum Gasteiger partial charge on any atom is 0.338 e. The fourth-order valence-corrected chi connectivity index (χ4v) is 4.76. The summed E-state index contributed by atoms with van der Waals surface area (Å²) in [4.78, 5) is 51.7. The van der Waals surface area contributed by atoms with Crippen molar-refractivity contribution in [2.75, 3.05) is 16.8 Å². The lowest BCUT2D eigenvalue weighted by Gasteiger charge is -2.25. The van der Waals surface area contributed by atoms with E-state index >= 15 is 0 Å². The van der Waals surface area contributed by atoms with Gasteiger partial charge in [0, 0.05) is 0 Å². The molecule has 9 heteroatoms. The van der Waals surface area contributed by atoms with Crippen molar-refractivity contribution in [3.05, 3.63) is 58.1 Å². The zero-order valence-electron chi connectivity index (χ0n) is 17.8. The van der Waals surface area contributed by atoms with Crippen LogP contribution in [0.25, 0.3) is 0 Å². The first-order valence-corrected chi connectivity index (χ1v) is 11.4. The van der Waals surface area contributed by atoms with E-state index in [0.29, 0.717) is 30.1 Å². The monoisotopic (exact) mass is 488 g/mol. The summed E-state index contributed by atoms with van der Waals surface area (Å²) in [6.07, 6.45) is 2.31.